The average molecular weight is 348 g/mol. The van der Waals surface area contributed by atoms with E-state index in [2.05, 4.69) is 10.0 Å². The number of nitrogens with one attached hydrogen (secondary N) is 2. The molecule has 7 heteroatoms. The minimum Gasteiger partial charge on any atom is -0.495 e. The van der Waals surface area contributed by atoms with Gasteiger partial charge in [-0.25, -0.2) is 13.1 Å². The van der Waals surface area contributed by atoms with Crippen molar-refractivity contribution in [3.05, 3.63) is 53.1 Å². The van der Waals surface area contributed by atoms with Crippen LogP contribution in [0.4, 0.5) is 5.69 Å². The highest BCUT2D eigenvalue weighted by atomic mass is 32.2. The largest absolute Gasteiger partial charge is 0.495 e. The highest BCUT2D eigenvalue weighted by molar-refractivity contribution is 7.89. The molecule has 0 saturated carbocycles. The van der Waals surface area contributed by atoms with E-state index in [9.17, 15) is 13.2 Å². The van der Waals surface area contributed by atoms with Crippen molar-refractivity contribution >= 4 is 21.6 Å². The Morgan fingerprint density at radius 3 is 2.21 bits per heavy atom. The fraction of sp³-hybridized carbons (Fsp3) is 0.235. The van der Waals surface area contributed by atoms with Gasteiger partial charge in [-0.2, -0.15) is 0 Å². The standard InChI is InChI=1S/C17H20N2O4S/c1-11-7-12(2)9-14(8-11)19-17(20)13-5-6-15(23-4)16(10-13)24(21,22)18-3/h5-10,18H,1-4H3,(H,19,20). The molecule has 0 spiro atoms. The Morgan fingerprint density at radius 1 is 1.04 bits per heavy atom. The molecule has 2 aromatic rings. The molecule has 2 aromatic carbocycles. The molecule has 1 amide bonds. The van der Waals surface area contributed by atoms with Crippen LogP contribution in [0.1, 0.15) is 21.5 Å². The second-order valence-corrected chi connectivity index (χ2v) is 7.26. The Morgan fingerprint density at radius 2 is 1.67 bits per heavy atom. The minimum atomic E-state index is -3.74. The third-order valence-corrected chi connectivity index (χ3v) is 4.90. The van der Waals surface area contributed by atoms with Crippen molar-refractivity contribution in [2.75, 3.05) is 19.5 Å². The molecule has 128 valence electrons. The molecule has 0 aliphatic heterocycles. The van der Waals surface area contributed by atoms with Gasteiger partial charge in [0.1, 0.15) is 10.6 Å². The summed E-state index contributed by atoms with van der Waals surface area (Å²) in [5.41, 5.74) is 2.94. The van der Waals surface area contributed by atoms with Crippen LogP contribution in [-0.2, 0) is 10.0 Å². The van der Waals surface area contributed by atoms with Gasteiger partial charge in [-0.3, -0.25) is 4.79 Å². The van der Waals surface area contributed by atoms with E-state index in [0.717, 1.165) is 11.1 Å². The van der Waals surface area contributed by atoms with Gasteiger partial charge in [0, 0.05) is 11.3 Å². The number of hydrogen-bond acceptors (Lipinski definition) is 4. The summed E-state index contributed by atoms with van der Waals surface area (Å²) >= 11 is 0. The van der Waals surface area contributed by atoms with E-state index < -0.39 is 15.9 Å². The summed E-state index contributed by atoms with van der Waals surface area (Å²) in [5, 5.41) is 2.78. The summed E-state index contributed by atoms with van der Waals surface area (Å²) in [6.07, 6.45) is 0. The van der Waals surface area contributed by atoms with Crippen LogP contribution in [0.15, 0.2) is 41.3 Å². The summed E-state index contributed by atoms with van der Waals surface area (Å²) in [6, 6.07) is 9.97. The molecule has 24 heavy (non-hydrogen) atoms. The fourth-order valence-corrected chi connectivity index (χ4v) is 3.31. The van der Waals surface area contributed by atoms with Crippen molar-refractivity contribution in [1.29, 1.82) is 0 Å². The summed E-state index contributed by atoms with van der Waals surface area (Å²) in [4.78, 5) is 12.4. The van der Waals surface area contributed by atoms with Gasteiger partial charge >= 0.3 is 0 Å². The number of anilines is 1. The average Bonchev–Trinajstić information content (AvgIpc) is 2.53. The molecule has 2 N–H and O–H groups in total. The number of methoxy groups -OCH3 is 1. The van der Waals surface area contributed by atoms with Crippen LogP contribution in [0, 0.1) is 13.8 Å². The lowest BCUT2D eigenvalue weighted by molar-refractivity contribution is 0.102. The van der Waals surface area contributed by atoms with Gasteiger partial charge in [0.25, 0.3) is 5.91 Å². The van der Waals surface area contributed by atoms with Gasteiger partial charge in [0.05, 0.1) is 7.11 Å². The van der Waals surface area contributed by atoms with Crippen molar-refractivity contribution in [2.24, 2.45) is 0 Å². The smallest absolute Gasteiger partial charge is 0.255 e. The molecule has 0 aromatic heterocycles. The van der Waals surface area contributed by atoms with Crippen molar-refractivity contribution in [3.63, 3.8) is 0 Å². The molecule has 6 nitrogen and oxygen atoms in total. The van der Waals surface area contributed by atoms with Crippen LogP contribution in [0.5, 0.6) is 5.75 Å². The fourth-order valence-electron chi connectivity index (χ4n) is 2.39. The van der Waals surface area contributed by atoms with Crippen molar-refractivity contribution < 1.29 is 17.9 Å². The zero-order chi connectivity index (χ0) is 17.9. The molecule has 0 bridgehead atoms. The van der Waals surface area contributed by atoms with Gasteiger partial charge in [0.15, 0.2) is 0 Å². The Balaban J connectivity index is 2.38. The van der Waals surface area contributed by atoms with Crippen LogP contribution in [0.3, 0.4) is 0 Å². The van der Waals surface area contributed by atoms with E-state index >= 15 is 0 Å². The van der Waals surface area contributed by atoms with Gasteiger partial charge in [-0.05, 0) is 62.4 Å². The molecule has 0 fully saturated rings. The lowest BCUT2D eigenvalue weighted by Gasteiger charge is -2.12. The first-order chi connectivity index (χ1) is 11.3. The number of aryl methyl sites for hydroxylation is 2. The predicted octanol–water partition coefficient (Wildman–Crippen LogP) is 2.47. The Kier molecular flexibility index (Phi) is 5.26. The third kappa shape index (κ3) is 3.93. The number of rotatable bonds is 5. The summed E-state index contributed by atoms with van der Waals surface area (Å²) in [7, 11) is -1.06. The van der Waals surface area contributed by atoms with Crippen LogP contribution in [-0.4, -0.2) is 28.5 Å². The highest BCUT2D eigenvalue weighted by Gasteiger charge is 2.20. The number of amides is 1. The first-order valence-electron chi connectivity index (χ1n) is 7.28. The lowest BCUT2D eigenvalue weighted by Crippen LogP contribution is -2.20. The first-order valence-corrected chi connectivity index (χ1v) is 8.76. The molecule has 0 radical (unpaired) electrons. The Labute approximate surface area is 141 Å². The van der Waals surface area contributed by atoms with E-state index in [1.807, 2.05) is 32.0 Å². The maximum atomic E-state index is 12.4. The number of carbonyl (C=O) groups excluding carboxylic acids is 1. The maximum absolute atomic E-state index is 12.4. The highest BCUT2D eigenvalue weighted by Crippen LogP contribution is 2.25. The number of benzene rings is 2. The van der Waals surface area contributed by atoms with Crippen molar-refractivity contribution in [3.8, 4) is 5.75 Å². The molecular formula is C17H20N2O4S. The number of sulfonamides is 1. The second kappa shape index (κ2) is 7.02. The third-order valence-electron chi connectivity index (χ3n) is 3.46. The number of ether oxygens (including phenoxy) is 1. The van der Waals surface area contributed by atoms with E-state index in [0.29, 0.717) is 5.69 Å². The van der Waals surface area contributed by atoms with Gasteiger partial charge in [0.2, 0.25) is 10.0 Å². The zero-order valence-corrected chi connectivity index (χ0v) is 14.8. The normalized spacial score (nSPS) is 11.2. The summed E-state index contributed by atoms with van der Waals surface area (Å²) in [5.74, 6) is -0.220. The van der Waals surface area contributed by atoms with Crippen LogP contribution < -0.4 is 14.8 Å². The molecular weight excluding hydrogens is 328 g/mol. The minimum absolute atomic E-state index is 0.0828. The second-order valence-electron chi connectivity index (χ2n) is 5.40. The monoisotopic (exact) mass is 348 g/mol. The SMILES string of the molecule is CNS(=O)(=O)c1cc(C(=O)Nc2cc(C)cc(C)c2)ccc1OC. The Bertz CT molecular complexity index is 856. The van der Waals surface area contributed by atoms with Crippen LogP contribution in [0.25, 0.3) is 0 Å². The summed E-state index contributed by atoms with van der Waals surface area (Å²) in [6.45, 7) is 3.88. The quantitative estimate of drug-likeness (QED) is 0.869. The molecule has 0 atom stereocenters. The van der Waals surface area contributed by atoms with E-state index in [1.165, 1.54) is 32.4 Å². The van der Waals surface area contributed by atoms with Crippen LogP contribution >= 0.6 is 0 Å². The van der Waals surface area contributed by atoms with Crippen LogP contribution in [0.2, 0.25) is 0 Å². The van der Waals surface area contributed by atoms with E-state index in [-0.39, 0.29) is 16.2 Å². The predicted molar refractivity (Wildman–Crippen MR) is 93.1 cm³/mol. The molecule has 2 rings (SSSR count). The first kappa shape index (κ1) is 18.0. The number of carbonyl (C=O) groups is 1. The van der Waals surface area contributed by atoms with Crippen molar-refractivity contribution in [2.45, 2.75) is 18.7 Å². The maximum Gasteiger partial charge on any atom is 0.255 e. The zero-order valence-electron chi connectivity index (χ0n) is 14.0. The molecule has 0 aliphatic carbocycles. The van der Waals surface area contributed by atoms with Crippen molar-refractivity contribution in [1.82, 2.24) is 4.72 Å². The van der Waals surface area contributed by atoms with Gasteiger partial charge in [-0.15, -0.1) is 0 Å². The van der Waals surface area contributed by atoms with Gasteiger partial charge < -0.3 is 10.1 Å². The molecule has 0 heterocycles. The lowest BCUT2D eigenvalue weighted by atomic mass is 10.1. The van der Waals surface area contributed by atoms with Gasteiger partial charge in [-0.1, -0.05) is 6.07 Å². The molecule has 0 saturated heterocycles. The Hall–Kier alpha value is -2.38. The molecule has 0 aliphatic rings. The number of hydrogen-bond donors (Lipinski definition) is 2. The topological polar surface area (TPSA) is 84.5 Å². The van der Waals surface area contributed by atoms with E-state index in [4.69, 9.17) is 4.74 Å². The summed E-state index contributed by atoms with van der Waals surface area (Å²) < 4.78 is 31.5. The van der Waals surface area contributed by atoms with E-state index in [1.54, 1.807) is 0 Å². The molecule has 0 unspecified atom stereocenters.